The molecule has 0 bridgehead atoms. The van der Waals surface area contributed by atoms with E-state index in [-0.39, 0.29) is 5.97 Å². The van der Waals surface area contributed by atoms with E-state index < -0.39 is 68.1 Å². The quantitative estimate of drug-likeness (QED) is 0.0527. The molecule has 0 fully saturated rings. The minimum atomic E-state index is -0.760. The first-order valence-electron chi connectivity index (χ1n) is 15.9. The van der Waals surface area contributed by atoms with Crippen molar-refractivity contribution in [3.8, 4) is 0 Å². The summed E-state index contributed by atoms with van der Waals surface area (Å²) < 4.78 is 14.3. The van der Waals surface area contributed by atoms with Gasteiger partial charge in [-0.1, -0.05) is 27.7 Å². The Labute approximate surface area is 299 Å². The monoisotopic (exact) mass is 630 g/mol. The number of alkyl carbamates (subject to hydrolysis) is 1. The molecule has 0 unspecified atom stereocenters. The number of rotatable bonds is 18. The summed E-state index contributed by atoms with van der Waals surface area (Å²) in [6.45, 7) is 16.3. The van der Waals surface area contributed by atoms with Crippen molar-refractivity contribution < 1.29 is 28.6 Å². The average Bonchev–Trinajstić information content (AvgIpc) is 2.93. The molecule has 10 nitrogen and oxygen atoms in total. The second-order valence-corrected chi connectivity index (χ2v) is 13.1. The number of carbonyl (C=O) groups excluding carboxylic acids is 3. The van der Waals surface area contributed by atoms with Gasteiger partial charge in [-0.25, -0.2) is 9.59 Å². The molecule has 0 heterocycles. The Morgan fingerprint density at radius 3 is 1.34 bits per heavy atom. The molecule has 0 spiro atoms. The molecule has 0 aliphatic rings. The lowest BCUT2D eigenvalue weighted by Gasteiger charge is -2.34. The zero-order chi connectivity index (χ0) is 37.5. The molecular weight excluding hydrogens is 580 g/mol. The van der Waals surface area contributed by atoms with Crippen LogP contribution in [0.25, 0.3) is 0 Å². The first kappa shape index (κ1) is 50.4. The van der Waals surface area contributed by atoms with Gasteiger partial charge in [0.2, 0.25) is 0 Å². The third kappa shape index (κ3) is 28.5. The van der Waals surface area contributed by atoms with Crippen LogP contribution in [-0.4, -0.2) is 176 Å². The molecule has 16 radical (unpaired) electrons. The normalized spacial score (nSPS) is 11.7. The Balaban J connectivity index is -0.000000638. The zero-order valence-corrected chi connectivity index (χ0v) is 30.2. The van der Waals surface area contributed by atoms with E-state index in [1.807, 2.05) is 0 Å². The number of hydrogen-bond donors (Lipinski definition) is 4. The van der Waals surface area contributed by atoms with E-state index in [0.717, 1.165) is 25.9 Å². The van der Waals surface area contributed by atoms with Gasteiger partial charge in [-0.2, -0.15) is 0 Å². The summed E-state index contributed by atoms with van der Waals surface area (Å²) in [5.74, 6) is 0.393. The van der Waals surface area contributed by atoms with Crippen molar-refractivity contribution in [2.45, 2.75) is 79.0 Å². The van der Waals surface area contributed by atoms with E-state index in [1.165, 1.54) is 14.2 Å². The Kier molecular flexibility index (Phi) is 29.8. The van der Waals surface area contributed by atoms with E-state index in [0.29, 0.717) is 24.9 Å². The van der Waals surface area contributed by atoms with Gasteiger partial charge in [0.25, 0.3) is 0 Å². The number of esters is 2. The maximum Gasteiger partial charge on any atom is 0.408 e. The second kappa shape index (κ2) is 27.8. The number of ether oxygens (including phenoxy) is 3. The van der Waals surface area contributed by atoms with Gasteiger partial charge in [-0.05, 0) is 58.5 Å². The molecule has 0 aliphatic carbocycles. The summed E-state index contributed by atoms with van der Waals surface area (Å²) in [4.78, 5) is 34.1. The van der Waals surface area contributed by atoms with Crippen LogP contribution in [0.5, 0.6) is 0 Å². The zero-order valence-electron chi connectivity index (χ0n) is 30.2. The van der Waals surface area contributed by atoms with Crippen LogP contribution in [0.3, 0.4) is 0 Å². The average molecular weight is 628 g/mol. The number of hydrogen-bond acceptors (Lipinski definition) is 9. The molecule has 0 aliphatic heterocycles. The van der Waals surface area contributed by atoms with Crippen molar-refractivity contribution >= 4 is 118 Å². The molecule has 0 aromatic carbocycles. The van der Waals surface area contributed by atoms with Crippen molar-refractivity contribution in [3.05, 3.63) is 0 Å². The molecule has 0 aromatic heterocycles. The maximum absolute atomic E-state index is 11.7. The Morgan fingerprint density at radius 1 is 0.681 bits per heavy atom. The lowest BCUT2D eigenvalue weighted by molar-refractivity contribution is -0.143. The fraction of sp³-hybridized carbons (Fsp3) is 0.870. The molecule has 0 saturated heterocycles. The first-order chi connectivity index (χ1) is 21.5. The fourth-order valence-electron chi connectivity index (χ4n) is 3.85. The Hall–Kier alpha value is -1.00. The maximum atomic E-state index is 11.7. The summed E-state index contributed by atoms with van der Waals surface area (Å²) in [7, 11) is 46.7. The van der Waals surface area contributed by atoms with Crippen molar-refractivity contribution in [1.82, 2.24) is 16.0 Å². The second-order valence-electron chi connectivity index (χ2n) is 13.1. The lowest BCUT2D eigenvalue weighted by Crippen LogP contribution is -2.72. The van der Waals surface area contributed by atoms with Gasteiger partial charge in [-0.3, -0.25) is 4.79 Å². The summed E-state index contributed by atoms with van der Waals surface area (Å²) >= 11 is 0. The van der Waals surface area contributed by atoms with Gasteiger partial charge in [0.1, 0.15) is 17.7 Å². The molecule has 238 valence electrons. The van der Waals surface area contributed by atoms with E-state index in [2.05, 4.69) is 53.1 Å². The van der Waals surface area contributed by atoms with Crippen molar-refractivity contribution in [2.75, 3.05) is 40.4 Å². The lowest BCUT2D eigenvalue weighted by atomic mass is 8.47. The van der Waals surface area contributed by atoms with Gasteiger partial charge in [-0.15, -0.1) is 0 Å². The molecule has 24 heteroatoms. The van der Waals surface area contributed by atoms with Gasteiger partial charge in [0, 0.05) is 113 Å². The van der Waals surface area contributed by atoms with Gasteiger partial charge < -0.3 is 35.9 Å². The molecule has 2 atom stereocenters. The number of carbonyl (C=O) groups is 3. The minimum Gasteiger partial charge on any atom is -0.468 e. The highest BCUT2D eigenvalue weighted by Crippen LogP contribution is 2.07. The predicted molar refractivity (Wildman–Crippen MR) is 210 cm³/mol. The molecule has 0 rings (SSSR count). The summed E-state index contributed by atoms with van der Waals surface area (Å²) in [6, 6.07) is -1.29. The van der Waals surface area contributed by atoms with Crippen LogP contribution in [0.15, 0.2) is 0 Å². The van der Waals surface area contributed by atoms with E-state index in [1.54, 1.807) is 20.8 Å². The Morgan fingerprint density at radius 2 is 1.04 bits per heavy atom. The van der Waals surface area contributed by atoms with Crippen LogP contribution in [0, 0.1) is 11.8 Å². The van der Waals surface area contributed by atoms with E-state index >= 15 is 0 Å². The van der Waals surface area contributed by atoms with Crippen molar-refractivity contribution in [2.24, 2.45) is 17.6 Å². The minimum absolute atomic E-state index is 0.318. The topological polar surface area (TPSA) is 141 Å². The van der Waals surface area contributed by atoms with Crippen LogP contribution < -0.4 is 21.7 Å². The highest BCUT2D eigenvalue weighted by molar-refractivity contribution is 8.10. The van der Waals surface area contributed by atoms with Crippen molar-refractivity contribution in [1.29, 1.82) is 0 Å². The highest BCUT2D eigenvalue weighted by Gasteiger charge is 2.35. The van der Waals surface area contributed by atoms with Crippen LogP contribution in [0.2, 0.25) is 0 Å². The van der Waals surface area contributed by atoms with Crippen molar-refractivity contribution in [3.63, 3.8) is 0 Å². The standard InChI is InChI=1S/C14H28N2O4.C9H20N2O2.B14/c1-10(2)7-8-15-9-11(12(17)19-6)16-13(18)20-14(3,4)5;1-7(2)4-5-11-6-8(10)9(12)13-3;1-9(2)13(10(3)4)14(11(5)6)12(7)8/h10-11,15H,7-9H2,1-6H3,(H,16,18);7-8,11H,4-6,10H2,1-3H3;/t11-;8-;/m00./s1. The Bertz CT molecular complexity index is 811. The summed E-state index contributed by atoms with van der Waals surface area (Å²) in [5, 5.41) is 8.75. The number of nitrogens with two attached hydrogens (primary N) is 1. The molecular formula is C23H48B14N4O6. The van der Waals surface area contributed by atoms with E-state index in [9.17, 15) is 14.4 Å². The number of methoxy groups -OCH3 is 2. The molecule has 5 N–H and O–H groups in total. The highest BCUT2D eigenvalue weighted by atomic mass is 16.6. The van der Waals surface area contributed by atoms with Crippen LogP contribution in [0.1, 0.15) is 61.3 Å². The molecule has 47 heavy (non-hydrogen) atoms. The van der Waals surface area contributed by atoms with E-state index in [4.69, 9.17) is 72.4 Å². The van der Waals surface area contributed by atoms with Gasteiger partial charge in [0.15, 0.2) is 0 Å². The SMILES string of the molecule is COC(=O)[C@@H](N)CNCCC(C)C.COC(=O)[C@H](CNCCC(C)C)NC(=O)OC(C)(C)C.[B]B([B])B(B([B])[B])B(B([B])[B])B([B])[B]. The summed E-state index contributed by atoms with van der Waals surface area (Å²) in [6.07, 6.45) is -2.61. The first-order valence-corrected chi connectivity index (χ1v) is 15.9. The predicted octanol–water partition coefficient (Wildman–Crippen LogP) is -3.52. The number of nitrogens with one attached hydrogen (secondary N) is 3. The third-order valence-corrected chi connectivity index (χ3v) is 6.41. The molecule has 0 saturated carbocycles. The molecule has 0 aromatic rings. The fourth-order valence-corrected chi connectivity index (χ4v) is 3.85. The number of amides is 1. The third-order valence-electron chi connectivity index (χ3n) is 6.41. The smallest absolute Gasteiger partial charge is 0.408 e. The van der Waals surface area contributed by atoms with Crippen LogP contribution >= 0.6 is 0 Å². The molecule has 1 amide bonds. The largest absolute Gasteiger partial charge is 0.468 e. The van der Waals surface area contributed by atoms with Crippen LogP contribution in [0.4, 0.5) is 4.79 Å². The van der Waals surface area contributed by atoms with Crippen LogP contribution in [-0.2, 0) is 23.8 Å². The van der Waals surface area contributed by atoms with Gasteiger partial charge in [0.05, 0.1) is 14.2 Å². The summed E-state index contributed by atoms with van der Waals surface area (Å²) in [5.41, 5.74) is 4.91. The van der Waals surface area contributed by atoms with Gasteiger partial charge >= 0.3 is 18.0 Å².